The summed E-state index contributed by atoms with van der Waals surface area (Å²) in [5.41, 5.74) is 3.14. The van der Waals surface area contributed by atoms with Gasteiger partial charge in [0.05, 0.1) is 13.2 Å². The first kappa shape index (κ1) is 22.0. The maximum Gasteiger partial charge on any atom is 0.255 e. The average molecular weight is 440 g/mol. The smallest absolute Gasteiger partial charge is 0.255 e. The number of aromatic nitrogens is 2. The van der Waals surface area contributed by atoms with Gasteiger partial charge in [0.25, 0.3) is 5.56 Å². The zero-order chi connectivity index (χ0) is 22.7. The van der Waals surface area contributed by atoms with Crippen molar-refractivity contribution in [2.45, 2.75) is 39.5 Å². The van der Waals surface area contributed by atoms with E-state index in [1.54, 1.807) is 13.0 Å². The second-order valence-corrected chi connectivity index (χ2v) is 8.39. The highest BCUT2D eigenvalue weighted by Crippen LogP contribution is 2.31. The molecule has 1 aliphatic heterocycles. The number of aryl methyl sites for hydroxylation is 2. The summed E-state index contributed by atoms with van der Waals surface area (Å²) in [5, 5.41) is 5.79. The van der Waals surface area contributed by atoms with Crippen LogP contribution in [0.15, 0.2) is 23.0 Å². The first-order valence-electron chi connectivity index (χ1n) is 11.0. The Kier molecular flexibility index (Phi) is 6.55. The van der Waals surface area contributed by atoms with Crippen molar-refractivity contribution in [2.75, 3.05) is 41.8 Å². The van der Waals surface area contributed by atoms with E-state index in [0.717, 1.165) is 18.4 Å². The van der Waals surface area contributed by atoms with Crippen molar-refractivity contribution in [3.63, 3.8) is 0 Å². The summed E-state index contributed by atoms with van der Waals surface area (Å²) >= 11 is 0. The van der Waals surface area contributed by atoms with Gasteiger partial charge in [0.15, 0.2) is 0 Å². The molecule has 4 rings (SSSR count). The molecule has 170 valence electrons. The molecule has 2 heterocycles. The highest BCUT2D eigenvalue weighted by molar-refractivity contribution is 5.96. The number of ether oxygens (including phenoxy) is 1. The third kappa shape index (κ3) is 5.34. The van der Waals surface area contributed by atoms with E-state index < -0.39 is 0 Å². The van der Waals surface area contributed by atoms with Crippen molar-refractivity contribution >= 4 is 29.1 Å². The monoisotopic (exact) mass is 439 g/mol. The molecule has 2 aliphatic rings. The summed E-state index contributed by atoms with van der Waals surface area (Å²) in [4.78, 5) is 46.5. The number of rotatable bonds is 7. The van der Waals surface area contributed by atoms with E-state index in [1.165, 1.54) is 0 Å². The average Bonchev–Trinajstić information content (AvgIpc) is 3.61. The largest absolute Gasteiger partial charge is 0.378 e. The molecule has 32 heavy (non-hydrogen) atoms. The standard InChI is InChI=1S/C23H29N5O4/c1-14-3-6-17(25-21(30)16-4-5-16)13-19(14)26-20(29)8-7-18-15(2)24-23(27-22(18)31)28-9-11-32-12-10-28/h3,6,13,16H,4-5,7-12H2,1-2H3,(H,25,30)(H,26,29)(H,24,27,31). The fourth-order valence-electron chi connectivity index (χ4n) is 3.69. The molecule has 0 bridgehead atoms. The predicted octanol–water partition coefficient (Wildman–Crippen LogP) is 2.14. The molecule has 9 nitrogen and oxygen atoms in total. The van der Waals surface area contributed by atoms with Gasteiger partial charge in [-0.2, -0.15) is 0 Å². The van der Waals surface area contributed by atoms with E-state index in [9.17, 15) is 14.4 Å². The lowest BCUT2D eigenvalue weighted by atomic mass is 10.1. The van der Waals surface area contributed by atoms with Gasteiger partial charge in [-0.25, -0.2) is 4.98 Å². The third-order valence-corrected chi connectivity index (χ3v) is 5.85. The number of carbonyl (C=O) groups is 2. The van der Waals surface area contributed by atoms with Gasteiger partial charge in [-0.3, -0.25) is 19.4 Å². The van der Waals surface area contributed by atoms with Gasteiger partial charge in [0, 0.05) is 48.1 Å². The van der Waals surface area contributed by atoms with Crippen molar-refractivity contribution in [1.82, 2.24) is 9.97 Å². The molecule has 9 heteroatoms. The first-order valence-corrected chi connectivity index (χ1v) is 11.0. The van der Waals surface area contributed by atoms with E-state index in [-0.39, 0.29) is 29.7 Å². The number of amides is 2. The minimum atomic E-state index is -0.215. The Bertz CT molecular complexity index is 1070. The van der Waals surface area contributed by atoms with Crippen molar-refractivity contribution in [3.8, 4) is 0 Å². The minimum Gasteiger partial charge on any atom is -0.378 e. The van der Waals surface area contributed by atoms with Gasteiger partial charge in [0.2, 0.25) is 17.8 Å². The lowest BCUT2D eigenvalue weighted by Crippen LogP contribution is -2.38. The second kappa shape index (κ2) is 9.52. The molecule has 2 fully saturated rings. The number of hydrogen-bond donors (Lipinski definition) is 3. The zero-order valence-electron chi connectivity index (χ0n) is 18.5. The van der Waals surface area contributed by atoms with Gasteiger partial charge in [-0.15, -0.1) is 0 Å². The molecule has 0 atom stereocenters. The number of carbonyl (C=O) groups excluding carboxylic acids is 2. The minimum absolute atomic E-state index is 0.0221. The van der Waals surface area contributed by atoms with Crippen LogP contribution in [0.3, 0.4) is 0 Å². The number of nitrogens with one attached hydrogen (secondary N) is 3. The van der Waals surface area contributed by atoms with Crippen LogP contribution in [0, 0.1) is 19.8 Å². The van der Waals surface area contributed by atoms with Crippen LogP contribution in [0.4, 0.5) is 17.3 Å². The molecule has 3 N–H and O–H groups in total. The normalized spacial score (nSPS) is 16.0. The van der Waals surface area contributed by atoms with E-state index in [4.69, 9.17) is 4.74 Å². The number of nitrogens with zero attached hydrogens (tertiary/aromatic N) is 2. The summed E-state index contributed by atoms with van der Waals surface area (Å²) in [7, 11) is 0. The number of anilines is 3. The van der Waals surface area contributed by atoms with E-state index >= 15 is 0 Å². The number of morpholine rings is 1. The Morgan fingerprint density at radius 3 is 2.62 bits per heavy atom. The molecule has 0 spiro atoms. The van der Waals surface area contributed by atoms with Gasteiger partial charge in [-0.05, 0) is 50.8 Å². The van der Waals surface area contributed by atoms with Gasteiger partial charge in [-0.1, -0.05) is 6.07 Å². The van der Waals surface area contributed by atoms with Crippen molar-refractivity contribution in [1.29, 1.82) is 0 Å². The summed E-state index contributed by atoms with van der Waals surface area (Å²) in [6.45, 7) is 6.27. The van der Waals surface area contributed by atoms with E-state index in [0.29, 0.717) is 61.3 Å². The maximum atomic E-state index is 12.6. The molecule has 1 saturated carbocycles. The number of hydrogen-bond acceptors (Lipinski definition) is 6. The fourth-order valence-corrected chi connectivity index (χ4v) is 3.69. The van der Waals surface area contributed by atoms with Crippen LogP contribution in [0.5, 0.6) is 0 Å². The fraction of sp³-hybridized carbons (Fsp3) is 0.478. The van der Waals surface area contributed by atoms with Crippen LogP contribution in [0.1, 0.15) is 36.1 Å². The number of aromatic amines is 1. The second-order valence-electron chi connectivity index (χ2n) is 8.39. The van der Waals surface area contributed by atoms with E-state index in [1.807, 2.05) is 24.0 Å². The SMILES string of the molecule is Cc1ccc(NC(=O)C2CC2)cc1NC(=O)CCc1c(C)nc(N2CCOCC2)[nH]c1=O. The Labute approximate surface area is 186 Å². The quantitative estimate of drug-likeness (QED) is 0.609. The molecule has 1 aliphatic carbocycles. The van der Waals surface area contributed by atoms with Gasteiger partial charge in [0.1, 0.15) is 0 Å². The van der Waals surface area contributed by atoms with Crippen LogP contribution in [-0.2, 0) is 20.7 Å². The zero-order valence-corrected chi connectivity index (χ0v) is 18.5. The molecule has 0 radical (unpaired) electrons. The van der Waals surface area contributed by atoms with Crippen LogP contribution in [0.2, 0.25) is 0 Å². The number of H-pyrrole nitrogens is 1. The van der Waals surface area contributed by atoms with E-state index in [2.05, 4.69) is 20.6 Å². The van der Waals surface area contributed by atoms with Crippen LogP contribution >= 0.6 is 0 Å². The first-order chi connectivity index (χ1) is 15.4. The summed E-state index contributed by atoms with van der Waals surface area (Å²) in [6, 6.07) is 5.46. The molecule has 1 aromatic carbocycles. The third-order valence-electron chi connectivity index (χ3n) is 5.85. The Morgan fingerprint density at radius 2 is 1.94 bits per heavy atom. The van der Waals surface area contributed by atoms with Crippen molar-refractivity contribution in [2.24, 2.45) is 5.92 Å². The molecule has 1 saturated heterocycles. The molecular weight excluding hydrogens is 410 g/mol. The number of benzene rings is 1. The summed E-state index contributed by atoms with van der Waals surface area (Å²) in [6.07, 6.45) is 2.31. The van der Waals surface area contributed by atoms with Gasteiger partial charge < -0.3 is 20.3 Å². The molecule has 2 aromatic rings. The molecular formula is C23H29N5O4. The van der Waals surface area contributed by atoms with Crippen LogP contribution in [-0.4, -0.2) is 48.1 Å². The lowest BCUT2D eigenvalue weighted by molar-refractivity contribution is -0.117. The van der Waals surface area contributed by atoms with Gasteiger partial charge >= 0.3 is 0 Å². The molecule has 0 unspecified atom stereocenters. The Hall–Kier alpha value is -3.20. The topological polar surface area (TPSA) is 116 Å². The highest BCUT2D eigenvalue weighted by atomic mass is 16.5. The molecule has 2 amide bonds. The predicted molar refractivity (Wildman–Crippen MR) is 122 cm³/mol. The van der Waals surface area contributed by atoms with Crippen molar-refractivity contribution < 1.29 is 14.3 Å². The Morgan fingerprint density at radius 1 is 1.19 bits per heavy atom. The van der Waals surface area contributed by atoms with Crippen molar-refractivity contribution in [3.05, 3.63) is 45.4 Å². The summed E-state index contributed by atoms with van der Waals surface area (Å²) < 4.78 is 5.34. The molecule has 1 aromatic heterocycles. The van der Waals surface area contributed by atoms with Crippen LogP contribution < -0.4 is 21.1 Å². The maximum absolute atomic E-state index is 12.6. The Balaban J connectivity index is 1.37. The lowest BCUT2D eigenvalue weighted by Gasteiger charge is -2.27. The van der Waals surface area contributed by atoms with Crippen LogP contribution in [0.25, 0.3) is 0 Å². The summed E-state index contributed by atoms with van der Waals surface area (Å²) in [5.74, 6) is 0.479. The highest BCUT2D eigenvalue weighted by Gasteiger charge is 2.29.